The molecule has 164 valence electrons. The molecule has 1 atom stereocenters. The highest BCUT2D eigenvalue weighted by Crippen LogP contribution is 2.41. The van der Waals surface area contributed by atoms with E-state index in [1.165, 1.54) is 0 Å². The first kappa shape index (κ1) is 23.4. The number of nitrogens with zero attached hydrogens (tertiary/aromatic N) is 1. The second-order valence-corrected chi connectivity index (χ2v) is 6.04. The van der Waals surface area contributed by atoms with Gasteiger partial charge >= 0.3 is 12.5 Å². The van der Waals surface area contributed by atoms with E-state index in [4.69, 9.17) is 5.73 Å². The predicted molar refractivity (Wildman–Crippen MR) is 83.1 cm³/mol. The molecule has 1 unspecified atom stereocenters. The standard InChI is InChI=1S/C17H11F9N2O2/c18-10-5-9(2-4-13(10)30-17(24,25)26)15(27,16(21,22)23)6-12(29)11-3-1-8(7-28-11)14(19)20/h1-5,7,14H,6,27H2. The Hall–Kier alpha value is -2.83. The van der Waals surface area contributed by atoms with E-state index in [9.17, 15) is 44.3 Å². The Balaban J connectivity index is 2.38. The minimum Gasteiger partial charge on any atom is -0.403 e. The van der Waals surface area contributed by atoms with Gasteiger partial charge in [-0.3, -0.25) is 9.78 Å². The van der Waals surface area contributed by atoms with Crippen molar-refractivity contribution >= 4 is 5.78 Å². The highest BCUT2D eigenvalue weighted by molar-refractivity contribution is 5.95. The van der Waals surface area contributed by atoms with E-state index in [2.05, 4.69) is 9.72 Å². The molecule has 0 fully saturated rings. The van der Waals surface area contributed by atoms with Gasteiger partial charge in [0.25, 0.3) is 6.43 Å². The van der Waals surface area contributed by atoms with Crippen molar-refractivity contribution in [1.82, 2.24) is 4.98 Å². The van der Waals surface area contributed by atoms with Crippen molar-refractivity contribution in [2.75, 3.05) is 0 Å². The Morgan fingerprint density at radius 3 is 2.13 bits per heavy atom. The monoisotopic (exact) mass is 446 g/mol. The first-order valence-electron chi connectivity index (χ1n) is 7.83. The summed E-state index contributed by atoms with van der Waals surface area (Å²) in [6.07, 6.45) is -14.5. The Bertz CT molecular complexity index is 911. The second kappa shape index (κ2) is 8.13. The Labute approximate surface area is 162 Å². The molecule has 0 saturated carbocycles. The van der Waals surface area contributed by atoms with Crippen LogP contribution in [0.2, 0.25) is 0 Å². The van der Waals surface area contributed by atoms with Gasteiger partial charge in [0.05, 0.1) is 0 Å². The zero-order chi connectivity index (χ0) is 22.9. The van der Waals surface area contributed by atoms with Gasteiger partial charge in [0.2, 0.25) is 0 Å². The number of benzene rings is 1. The lowest BCUT2D eigenvalue weighted by Gasteiger charge is -2.32. The fourth-order valence-corrected chi connectivity index (χ4v) is 2.39. The zero-order valence-electron chi connectivity index (χ0n) is 14.5. The number of ether oxygens (including phenoxy) is 1. The molecule has 1 aromatic carbocycles. The molecule has 2 N–H and O–H groups in total. The molecule has 0 aliphatic heterocycles. The van der Waals surface area contributed by atoms with Crippen LogP contribution in [0.4, 0.5) is 39.5 Å². The maximum atomic E-state index is 13.9. The van der Waals surface area contributed by atoms with Gasteiger partial charge in [0, 0.05) is 18.2 Å². The number of Topliss-reactive ketones (excluding diaryl/α,β-unsaturated/α-hetero) is 1. The molecule has 13 heteroatoms. The lowest BCUT2D eigenvalue weighted by atomic mass is 9.84. The van der Waals surface area contributed by atoms with E-state index < -0.39 is 65.1 Å². The van der Waals surface area contributed by atoms with E-state index in [1.54, 1.807) is 0 Å². The maximum Gasteiger partial charge on any atom is 0.573 e. The molecule has 30 heavy (non-hydrogen) atoms. The van der Waals surface area contributed by atoms with Gasteiger partial charge < -0.3 is 10.5 Å². The van der Waals surface area contributed by atoms with Gasteiger partial charge in [-0.25, -0.2) is 13.2 Å². The number of pyridine rings is 1. The third-order valence-corrected chi connectivity index (χ3v) is 3.94. The van der Waals surface area contributed by atoms with E-state index >= 15 is 0 Å². The quantitative estimate of drug-likeness (QED) is 0.499. The maximum absolute atomic E-state index is 13.9. The molecule has 1 aromatic heterocycles. The highest BCUT2D eigenvalue weighted by Gasteiger charge is 2.54. The molecule has 0 saturated heterocycles. The summed E-state index contributed by atoms with van der Waals surface area (Å²) >= 11 is 0. The van der Waals surface area contributed by atoms with Gasteiger partial charge in [-0.1, -0.05) is 6.07 Å². The molecule has 0 aliphatic rings. The number of nitrogens with two attached hydrogens (primary N) is 1. The minimum absolute atomic E-state index is 0.0646. The molecule has 0 amide bonds. The lowest BCUT2D eigenvalue weighted by Crippen LogP contribution is -2.52. The van der Waals surface area contributed by atoms with Crippen LogP contribution in [0.3, 0.4) is 0 Å². The van der Waals surface area contributed by atoms with Crippen LogP contribution in [0.5, 0.6) is 5.75 Å². The van der Waals surface area contributed by atoms with Crippen LogP contribution >= 0.6 is 0 Å². The molecular weight excluding hydrogens is 435 g/mol. The third kappa shape index (κ3) is 5.20. The van der Waals surface area contributed by atoms with E-state index in [0.717, 1.165) is 12.1 Å². The fraction of sp³-hybridized carbons (Fsp3) is 0.294. The molecule has 4 nitrogen and oxygen atoms in total. The van der Waals surface area contributed by atoms with Crippen LogP contribution < -0.4 is 10.5 Å². The van der Waals surface area contributed by atoms with E-state index in [0.29, 0.717) is 12.3 Å². The average molecular weight is 446 g/mol. The molecule has 0 bridgehead atoms. The van der Waals surface area contributed by atoms with Crippen molar-refractivity contribution < 1.29 is 49.0 Å². The summed E-state index contributed by atoms with van der Waals surface area (Å²) in [7, 11) is 0. The van der Waals surface area contributed by atoms with Crippen molar-refractivity contribution in [3.05, 3.63) is 59.2 Å². The zero-order valence-corrected chi connectivity index (χ0v) is 14.5. The average Bonchev–Trinajstić information content (AvgIpc) is 2.61. The molecule has 0 aliphatic carbocycles. The summed E-state index contributed by atoms with van der Waals surface area (Å²) in [5.41, 5.74) is -0.424. The largest absolute Gasteiger partial charge is 0.573 e. The predicted octanol–water partition coefficient (Wildman–Crippen LogP) is 5.05. The van der Waals surface area contributed by atoms with Gasteiger partial charge in [-0.2, -0.15) is 13.2 Å². The fourth-order valence-electron chi connectivity index (χ4n) is 2.39. The third-order valence-electron chi connectivity index (χ3n) is 3.94. The Morgan fingerprint density at radius 2 is 1.70 bits per heavy atom. The molecular formula is C17H11F9N2O2. The van der Waals surface area contributed by atoms with Crippen molar-refractivity contribution in [2.24, 2.45) is 5.73 Å². The SMILES string of the molecule is NC(CC(=O)c1ccc(C(F)F)cn1)(c1ccc(OC(F)(F)F)c(F)c1)C(F)(F)F. The number of hydrogen-bond donors (Lipinski definition) is 1. The van der Waals surface area contributed by atoms with Gasteiger partial charge in [-0.15, -0.1) is 13.2 Å². The summed E-state index contributed by atoms with van der Waals surface area (Å²) in [6, 6.07) is 2.32. The van der Waals surface area contributed by atoms with Crippen LogP contribution in [-0.4, -0.2) is 23.3 Å². The van der Waals surface area contributed by atoms with Crippen molar-refractivity contribution in [3.8, 4) is 5.75 Å². The number of rotatable bonds is 6. The number of ketones is 1. The number of carbonyl (C=O) groups excluding carboxylic acids is 1. The number of alkyl halides is 8. The first-order chi connectivity index (χ1) is 13.6. The molecule has 0 radical (unpaired) electrons. The molecule has 2 aromatic rings. The number of carbonyl (C=O) groups is 1. The summed E-state index contributed by atoms with van der Waals surface area (Å²) in [5.74, 6) is -4.51. The van der Waals surface area contributed by atoms with Crippen LogP contribution in [-0.2, 0) is 5.54 Å². The summed E-state index contributed by atoms with van der Waals surface area (Å²) < 4.78 is 120. The summed E-state index contributed by atoms with van der Waals surface area (Å²) in [5, 5.41) is 0. The Morgan fingerprint density at radius 1 is 1.07 bits per heavy atom. The van der Waals surface area contributed by atoms with E-state index in [1.807, 2.05) is 0 Å². The smallest absolute Gasteiger partial charge is 0.403 e. The van der Waals surface area contributed by atoms with Crippen LogP contribution in [0.25, 0.3) is 0 Å². The topological polar surface area (TPSA) is 65.2 Å². The van der Waals surface area contributed by atoms with E-state index in [-0.39, 0.29) is 12.1 Å². The minimum atomic E-state index is -5.34. The molecule has 0 spiro atoms. The molecule has 1 heterocycles. The number of hydrogen-bond acceptors (Lipinski definition) is 4. The lowest BCUT2D eigenvalue weighted by molar-refractivity contribution is -0.275. The molecule has 2 rings (SSSR count). The number of halogens is 9. The van der Waals surface area contributed by atoms with Crippen molar-refractivity contribution in [1.29, 1.82) is 0 Å². The summed E-state index contributed by atoms with van der Waals surface area (Å²) in [6.45, 7) is 0. The first-order valence-corrected chi connectivity index (χ1v) is 7.83. The van der Waals surface area contributed by atoms with Crippen LogP contribution in [0.1, 0.15) is 34.5 Å². The van der Waals surface area contributed by atoms with Crippen LogP contribution in [0.15, 0.2) is 36.5 Å². The number of aromatic nitrogens is 1. The van der Waals surface area contributed by atoms with Gasteiger partial charge in [0.15, 0.2) is 17.3 Å². The van der Waals surface area contributed by atoms with Gasteiger partial charge in [-0.05, 0) is 29.8 Å². The second-order valence-electron chi connectivity index (χ2n) is 6.04. The van der Waals surface area contributed by atoms with Crippen LogP contribution in [0, 0.1) is 5.82 Å². The van der Waals surface area contributed by atoms with Crippen molar-refractivity contribution in [2.45, 2.75) is 30.9 Å². The van der Waals surface area contributed by atoms with Crippen molar-refractivity contribution in [3.63, 3.8) is 0 Å². The highest BCUT2D eigenvalue weighted by atomic mass is 19.4. The summed E-state index contributed by atoms with van der Waals surface area (Å²) in [4.78, 5) is 15.6. The Kier molecular flexibility index (Phi) is 6.35. The normalized spacial score (nSPS) is 14.5. The van der Waals surface area contributed by atoms with Gasteiger partial charge in [0.1, 0.15) is 11.2 Å².